The number of aromatic hydroxyl groups is 3. The Morgan fingerprint density at radius 1 is 1.00 bits per heavy atom. The number of phenols is 3. The molecular formula is C16H12O5. The van der Waals surface area contributed by atoms with Crippen molar-refractivity contribution < 1.29 is 19.7 Å². The molecule has 3 aromatic rings. The molecule has 2 aromatic carbocycles. The van der Waals surface area contributed by atoms with Gasteiger partial charge in [0.15, 0.2) is 11.5 Å². The van der Waals surface area contributed by atoms with Crippen molar-refractivity contribution in [3.05, 3.63) is 52.4 Å². The van der Waals surface area contributed by atoms with Crippen LogP contribution in [-0.2, 0) is 0 Å². The predicted octanol–water partition coefficient (Wildman–Crippen LogP) is 2.89. The fourth-order valence-electron chi connectivity index (χ4n) is 2.18. The lowest BCUT2D eigenvalue weighted by Gasteiger charge is -2.07. The molecule has 0 unspecified atom stereocenters. The standard InChI is InChI=1S/C16H12O5/c1-8-2-4-9(5-3-8)10-7-21-12-6-11(17)15(19)16(20)13(12)14(10)18/h2-7,17,19-20H,1H3. The fourth-order valence-corrected chi connectivity index (χ4v) is 2.18. The summed E-state index contributed by atoms with van der Waals surface area (Å²) in [5, 5.41) is 28.7. The van der Waals surface area contributed by atoms with Gasteiger partial charge < -0.3 is 19.7 Å². The Bertz CT molecular complexity index is 891. The van der Waals surface area contributed by atoms with Crippen LogP contribution in [0.25, 0.3) is 22.1 Å². The van der Waals surface area contributed by atoms with Crippen molar-refractivity contribution in [3.63, 3.8) is 0 Å². The third kappa shape index (κ3) is 1.99. The van der Waals surface area contributed by atoms with Crippen molar-refractivity contribution in [1.29, 1.82) is 0 Å². The zero-order valence-corrected chi connectivity index (χ0v) is 11.1. The molecule has 106 valence electrons. The smallest absolute Gasteiger partial charge is 0.204 e. The summed E-state index contributed by atoms with van der Waals surface area (Å²) in [6, 6.07) is 8.33. The third-order valence-corrected chi connectivity index (χ3v) is 3.36. The quantitative estimate of drug-likeness (QED) is 0.598. The molecule has 0 saturated heterocycles. The van der Waals surface area contributed by atoms with E-state index >= 15 is 0 Å². The van der Waals surface area contributed by atoms with Crippen LogP contribution in [-0.4, -0.2) is 15.3 Å². The second kappa shape index (κ2) is 4.56. The summed E-state index contributed by atoms with van der Waals surface area (Å²) in [7, 11) is 0. The molecule has 3 N–H and O–H groups in total. The Labute approximate surface area is 119 Å². The van der Waals surface area contributed by atoms with Gasteiger partial charge in [0.2, 0.25) is 11.2 Å². The maximum Gasteiger partial charge on any atom is 0.204 e. The molecule has 5 heteroatoms. The summed E-state index contributed by atoms with van der Waals surface area (Å²) in [5.41, 5.74) is 1.48. The van der Waals surface area contributed by atoms with Crippen LogP contribution in [0.4, 0.5) is 0 Å². The molecule has 0 aliphatic heterocycles. The highest BCUT2D eigenvalue weighted by Gasteiger charge is 2.18. The van der Waals surface area contributed by atoms with Crippen molar-refractivity contribution in [3.8, 4) is 28.4 Å². The molecular weight excluding hydrogens is 272 g/mol. The number of fused-ring (bicyclic) bond motifs is 1. The number of aryl methyl sites for hydroxylation is 1. The minimum absolute atomic E-state index is 0.00339. The van der Waals surface area contributed by atoms with Gasteiger partial charge in [-0.3, -0.25) is 4.79 Å². The monoisotopic (exact) mass is 284 g/mol. The van der Waals surface area contributed by atoms with E-state index in [-0.39, 0.29) is 16.5 Å². The SMILES string of the molecule is Cc1ccc(-c2coc3cc(O)c(O)c(O)c3c2=O)cc1. The topological polar surface area (TPSA) is 90.9 Å². The number of rotatable bonds is 1. The second-order valence-corrected chi connectivity index (χ2v) is 4.81. The first-order valence-electron chi connectivity index (χ1n) is 6.25. The van der Waals surface area contributed by atoms with Gasteiger partial charge >= 0.3 is 0 Å². The molecule has 0 fully saturated rings. The molecule has 1 heterocycles. The first kappa shape index (κ1) is 13.1. The zero-order valence-electron chi connectivity index (χ0n) is 11.1. The molecule has 0 spiro atoms. The Hall–Kier alpha value is -2.95. The zero-order chi connectivity index (χ0) is 15.1. The van der Waals surface area contributed by atoms with Gasteiger partial charge in [-0.1, -0.05) is 29.8 Å². The van der Waals surface area contributed by atoms with Crippen LogP contribution in [0, 0.1) is 6.92 Å². The van der Waals surface area contributed by atoms with Crippen LogP contribution in [0.3, 0.4) is 0 Å². The lowest BCUT2D eigenvalue weighted by Crippen LogP contribution is -2.05. The van der Waals surface area contributed by atoms with Crippen molar-refractivity contribution in [2.75, 3.05) is 0 Å². The highest BCUT2D eigenvalue weighted by molar-refractivity contribution is 5.90. The van der Waals surface area contributed by atoms with E-state index in [1.54, 1.807) is 12.1 Å². The van der Waals surface area contributed by atoms with Gasteiger partial charge in [-0.15, -0.1) is 0 Å². The van der Waals surface area contributed by atoms with Gasteiger partial charge in [0.1, 0.15) is 17.2 Å². The van der Waals surface area contributed by atoms with Crippen molar-refractivity contribution in [1.82, 2.24) is 0 Å². The number of benzene rings is 2. The lowest BCUT2D eigenvalue weighted by molar-refractivity contribution is 0.370. The summed E-state index contributed by atoms with van der Waals surface area (Å²) < 4.78 is 5.29. The Morgan fingerprint density at radius 2 is 1.67 bits per heavy atom. The highest BCUT2D eigenvalue weighted by atomic mass is 16.3. The van der Waals surface area contributed by atoms with E-state index in [1.807, 2.05) is 19.1 Å². The Morgan fingerprint density at radius 3 is 2.33 bits per heavy atom. The van der Waals surface area contributed by atoms with E-state index in [4.69, 9.17) is 4.42 Å². The minimum Gasteiger partial charge on any atom is -0.504 e. The average molecular weight is 284 g/mol. The van der Waals surface area contributed by atoms with Gasteiger partial charge in [-0.25, -0.2) is 0 Å². The van der Waals surface area contributed by atoms with Crippen molar-refractivity contribution in [2.45, 2.75) is 6.92 Å². The molecule has 3 rings (SSSR count). The number of phenolic OH excluding ortho intramolecular Hbond substituents is 3. The van der Waals surface area contributed by atoms with Crippen LogP contribution >= 0.6 is 0 Å². The summed E-state index contributed by atoms with van der Waals surface area (Å²) >= 11 is 0. The predicted molar refractivity (Wildman–Crippen MR) is 77.7 cm³/mol. The van der Waals surface area contributed by atoms with E-state index in [0.717, 1.165) is 11.6 Å². The van der Waals surface area contributed by atoms with Gasteiger partial charge in [-0.2, -0.15) is 0 Å². The Balaban J connectivity index is 2.35. The van der Waals surface area contributed by atoms with Gasteiger partial charge in [-0.05, 0) is 12.5 Å². The maximum atomic E-state index is 12.5. The molecule has 0 aliphatic rings. The first-order chi connectivity index (χ1) is 9.99. The van der Waals surface area contributed by atoms with Gasteiger partial charge in [0.05, 0.1) is 5.56 Å². The number of hydrogen-bond donors (Lipinski definition) is 3. The molecule has 0 saturated carbocycles. The minimum atomic E-state index is -0.740. The summed E-state index contributed by atoms with van der Waals surface area (Å²) in [6.07, 6.45) is 1.27. The van der Waals surface area contributed by atoms with Crippen LogP contribution < -0.4 is 5.43 Å². The van der Waals surface area contributed by atoms with Crippen molar-refractivity contribution in [2.24, 2.45) is 0 Å². The van der Waals surface area contributed by atoms with Crippen molar-refractivity contribution >= 4 is 11.0 Å². The molecule has 5 nitrogen and oxygen atoms in total. The van der Waals surface area contributed by atoms with E-state index in [9.17, 15) is 20.1 Å². The number of hydrogen-bond acceptors (Lipinski definition) is 5. The summed E-state index contributed by atoms with van der Waals surface area (Å²) in [6.45, 7) is 1.93. The molecule has 0 radical (unpaired) electrons. The first-order valence-corrected chi connectivity index (χ1v) is 6.25. The van der Waals surface area contributed by atoms with Gasteiger partial charge in [0, 0.05) is 6.07 Å². The van der Waals surface area contributed by atoms with E-state index in [2.05, 4.69) is 0 Å². The second-order valence-electron chi connectivity index (χ2n) is 4.81. The maximum absolute atomic E-state index is 12.5. The molecule has 0 atom stereocenters. The molecule has 0 amide bonds. The highest BCUT2D eigenvalue weighted by Crippen LogP contribution is 2.40. The van der Waals surface area contributed by atoms with Crippen LogP contribution in [0.1, 0.15) is 5.56 Å². The average Bonchev–Trinajstić information content (AvgIpc) is 2.46. The Kier molecular flexibility index (Phi) is 2.83. The van der Waals surface area contributed by atoms with E-state index < -0.39 is 22.7 Å². The normalized spacial score (nSPS) is 10.9. The molecule has 0 aliphatic carbocycles. The molecule has 0 bridgehead atoms. The fraction of sp³-hybridized carbons (Fsp3) is 0.0625. The largest absolute Gasteiger partial charge is 0.504 e. The van der Waals surface area contributed by atoms with E-state index in [0.29, 0.717) is 5.56 Å². The summed E-state index contributed by atoms with van der Waals surface area (Å²) in [4.78, 5) is 12.5. The van der Waals surface area contributed by atoms with Crippen LogP contribution in [0.15, 0.2) is 45.8 Å². The lowest BCUT2D eigenvalue weighted by atomic mass is 10.0. The van der Waals surface area contributed by atoms with E-state index in [1.165, 1.54) is 6.26 Å². The van der Waals surface area contributed by atoms with Gasteiger partial charge in [0.25, 0.3) is 0 Å². The molecule has 21 heavy (non-hydrogen) atoms. The van der Waals surface area contributed by atoms with Crippen LogP contribution in [0.2, 0.25) is 0 Å². The third-order valence-electron chi connectivity index (χ3n) is 3.36. The van der Waals surface area contributed by atoms with Crippen LogP contribution in [0.5, 0.6) is 17.2 Å². The molecule has 1 aromatic heterocycles. The summed E-state index contributed by atoms with van der Waals surface area (Å²) in [5.74, 6) is -1.98.